The van der Waals surface area contributed by atoms with E-state index in [4.69, 9.17) is 4.74 Å². The first-order valence-corrected chi connectivity index (χ1v) is 6.84. The molecule has 5 nitrogen and oxygen atoms in total. The second-order valence-corrected chi connectivity index (χ2v) is 4.82. The molecule has 1 atom stereocenters. The summed E-state index contributed by atoms with van der Waals surface area (Å²) in [5, 5.41) is 3.63. The first-order valence-electron chi connectivity index (χ1n) is 5.85. The van der Waals surface area contributed by atoms with Gasteiger partial charge in [0.25, 0.3) is 0 Å². The van der Waals surface area contributed by atoms with Crippen molar-refractivity contribution in [2.45, 2.75) is 32.0 Å². The third kappa shape index (κ3) is 4.62. The van der Waals surface area contributed by atoms with E-state index in [0.29, 0.717) is 17.5 Å². The van der Waals surface area contributed by atoms with Gasteiger partial charge in [0.2, 0.25) is 0 Å². The largest absolute Gasteiger partial charge is 0.465 e. The molecule has 1 aromatic heterocycles. The third-order valence-corrected chi connectivity index (χ3v) is 3.20. The van der Waals surface area contributed by atoms with Crippen LogP contribution in [0.3, 0.4) is 0 Å². The van der Waals surface area contributed by atoms with E-state index in [2.05, 4.69) is 15.3 Å². The number of esters is 1. The fourth-order valence-electron chi connectivity index (χ4n) is 1.43. The molecule has 0 aliphatic carbocycles. The highest BCUT2D eigenvalue weighted by atomic mass is 32.2. The van der Waals surface area contributed by atoms with E-state index in [0.717, 1.165) is 11.4 Å². The number of ether oxygens (including phenoxy) is 1. The average molecular weight is 269 g/mol. The number of aromatic nitrogens is 2. The molecule has 6 heteroatoms. The number of nitrogens with one attached hydrogen (secondary N) is 1. The van der Waals surface area contributed by atoms with Crippen LogP contribution in [-0.4, -0.2) is 41.4 Å². The number of aryl methyl sites for hydroxylation is 2. The second-order valence-electron chi connectivity index (χ2n) is 3.84. The monoisotopic (exact) mass is 269 g/mol. The smallest absolute Gasteiger partial charge is 0.323 e. The molecule has 0 spiro atoms. The number of hydrogen-bond donors (Lipinski definition) is 1. The number of hydrogen-bond acceptors (Lipinski definition) is 6. The van der Waals surface area contributed by atoms with Gasteiger partial charge in [-0.3, -0.25) is 4.79 Å². The van der Waals surface area contributed by atoms with Gasteiger partial charge in [-0.25, -0.2) is 9.97 Å². The van der Waals surface area contributed by atoms with Crippen molar-refractivity contribution in [3.8, 4) is 0 Å². The minimum Gasteiger partial charge on any atom is -0.465 e. The Morgan fingerprint density at radius 1 is 1.44 bits per heavy atom. The molecule has 0 amide bonds. The molecule has 0 radical (unpaired) electrons. The zero-order valence-electron chi connectivity index (χ0n) is 11.2. The molecular weight excluding hydrogens is 250 g/mol. The molecule has 1 N–H and O–H groups in total. The molecule has 0 aliphatic rings. The van der Waals surface area contributed by atoms with Crippen molar-refractivity contribution in [3.63, 3.8) is 0 Å². The van der Waals surface area contributed by atoms with Crippen LogP contribution < -0.4 is 5.32 Å². The average Bonchev–Trinajstić information content (AvgIpc) is 2.29. The topological polar surface area (TPSA) is 64.1 Å². The molecule has 0 aromatic carbocycles. The zero-order valence-corrected chi connectivity index (χ0v) is 12.0. The Balaban J connectivity index is 2.59. The number of carbonyl (C=O) groups excluding carboxylic acids is 1. The van der Waals surface area contributed by atoms with Crippen molar-refractivity contribution < 1.29 is 9.53 Å². The Morgan fingerprint density at radius 2 is 2.06 bits per heavy atom. The van der Waals surface area contributed by atoms with Crippen LogP contribution in [0.1, 0.15) is 18.3 Å². The Bertz CT molecular complexity index is 392. The molecule has 1 heterocycles. The van der Waals surface area contributed by atoms with Gasteiger partial charge in [0.1, 0.15) is 6.04 Å². The molecule has 0 fully saturated rings. The van der Waals surface area contributed by atoms with Crippen molar-refractivity contribution in [2.75, 3.05) is 19.4 Å². The number of carbonyl (C=O) groups is 1. The lowest BCUT2D eigenvalue weighted by Crippen LogP contribution is -2.37. The molecule has 0 saturated carbocycles. The molecular formula is C12H19N3O2S. The van der Waals surface area contributed by atoms with E-state index >= 15 is 0 Å². The van der Waals surface area contributed by atoms with Crippen LogP contribution in [-0.2, 0) is 9.53 Å². The summed E-state index contributed by atoms with van der Waals surface area (Å²) < 4.78 is 4.98. The van der Waals surface area contributed by atoms with Crippen LogP contribution >= 0.6 is 11.8 Å². The van der Waals surface area contributed by atoms with Gasteiger partial charge in [-0.05, 0) is 33.9 Å². The fraction of sp³-hybridized carbons (Fsp3) is 0.583. The third-order valence-electron chi connectivity index (χ3n) is 2.26. The Labute approximate surface area is 112 Å². The van der Waals surface area contributed by atoms with Crippen LogP contribution in [0, 0.1) is 13.8 Å². The van der Waals surface area contributed by atoms with Crippen LogP contribution in [0.15, 0.2) is 11.2 Å². The predicted molar refractivity (Wildman–Crippen MR) is 71.7 cm³/mol. The van der Waals surface area contributed by atoms with Crippen molar-refractivity contribution in [1.29, 1.82) is 0 Å². The summed E-state index contributed by atoms with van der Waals surface area (Å²) in [5.41, 5.74) is 1.87. The molecule has 0 saturated heterocycles. The molecule has 100 valence electrons. The first kappa shape index (κ1) is 14.9. The van der Waals surface area contributed by atoms with E-state index in [9.17, 15) is 4.79 Å². The lowest BCUT2D eigenvalue weighted by atomic mass is 10.3. The van der Waals surface area contributed by atoms with Gasteiger partial charge in [0, 0.05) is 17.1 Å². The number of nitrogens with zero attached hydrogens (tertiary/aromatic N) is 2. The van der Waals surface area contributed by atoms with E-state index in [1.807, 2.05) is 19.9 Å². The number of thioether (sulfide) groups is 1. The minimum atomic E-state index is -0.334. The molecule has 1 rings (SSSR count). The maximum Gasteiger partial charge on any atom is 0.323 e. The molecule has 1 aromatic rings. The van der Waals surface area contributed by atoms with Gasteiger partial charge >= 0.3 is 5.97 Å². The van der Waals surface area contributed by atoms with Gasteiger partial charge in [-0.2, -0.15) is 0 Å². The predicted octanol–water partition coefficient (Wildman–Crippen LogP) is 1.34. The SMILES string of the molecule is CCOC(=O)C(CSc1nc(C)cc(C)n1)NC. The maximum atomic E-state index is 11.6. The fourth-order valence-corrected chi connectivity index (χ4v) is 2.46. The summed E-state index contributed by atoms with van der Waals surface area (Å²) in [7, 11) is 1.74. The second kappa shape index (κ2) is 7.33. The summed E-state index contributed by atoms with van der Waals surface area (Å²) in [5.74, 6) is 0.315. The number of rotatable bonds is 6. The van der Waals surface area contributed by atoms with Gasteiger partial charge in [0.15, 0.2) is 5.16 Å². The van der Waals surface area contributed by atoms with Crippen molar-refractivity contribution in [2.24, 2.45) is 0 Å². The molecule has 18 heavy (non-hydrogen) atoms. The lowest BCUT2D eigenvalue weighted by molar-refractivity contribution is -0.144. The first-order chi connectivity index (χ1) is 8.56. The van der Waals surface area contributed by atoms with Crippen LogP contribution in [0.5, 0.6) is 0 Å². The van der Waals surface area contributed by atoms with Crippen molar-refractivity contribution >= 4 is 17.7 Å². The Hall–Kier alpha value is -1.14. The van der Waals surface area contributed by atoms with E-state index in [1.165, 1.54) is 11.8 Å². The van der Waals surface area contributed by atoms with Crippen molar-refractivity contribution in [1.82, 2.24) is 15.3 Å². The highest BCUT2D eigenvalue weighted by Gasteiger charge is 2.18. The van der Waals surface area contributed by atoms with Crippen LogP contribution in [0.2, 0.25) is 0 Å². The van der Waals surface area contributed by atoms with Gasteiger partial charge in [-0.15, -0.1) is 0 Å². The summed E-state index contributed by atoms with van der Waals surface area (Å²) in [6, 6.07) is 1.59. The van der Waals surface area contributed by atoms with Gasteiger partial charge < -0.3 is 10.1 Å². The summed E-state index contributed by atoms with van der Waals surface area (Å²) in [6.07, 6.45) is 0. The molecule has 1 unspecified atom stereocenters. The normalized spacial score (nSPS) is 12.2. The number of likely N-dealkylation sites (N-methyl/N-ethyl adjacent to an activating group) is 1. The maximum absolute atomic E-state index is 11.6. The van der Waals surface area contributed by atoms with E-state index in [-0.39, 0.29) is 12.0 Å². The van der Waals surface area contributed by atoms with E-state index < -0.39 is 0 Å². The Kier molecular flexibility index (Phi) is 6.07. The highest BCUT2D eigenvalue weighted by molar-refractivity contribution is 7.99. The summed E-state index contributed by atoms with van der Waals surface area (Å²) >= 11 is 1.45. The summed E-state index contributed by atoms with van der Waals surface area (Å²) in [6.45, 7) is 6.05. The lowest BCUT2D eigenvalue weighted by Gasteiger charge is -2.13. The Morgan fingerprint density at radius 3 is 2.56 bits per heavy atom. The quantitative estimate of drug-likeness (QED) is 0.477. The zero-order chi connectivity index (χ0) is 13.5. The van der Waals surface area contributed by atoms with Gasteiger partial charge in [0.05, 0.1) is 6.61 Å². The summed E-state index contributed by atoms with van der Waals surface area (Å²) in [4.78, 5) is 20.2. The molecule has 0 aliphatic heterocycles. The van der Waals surface area contributed by atoms with Crippen LogP contribution in [0.4, 0.5) is 0 Å². The van der Waals surface area contributed by atoms with Crippen LogP contribution in [0.25, 0.3) is 0 Å². The van der Waals surface area contributed by atoms with Crippen molar-refractivity contribution in [3.05, 3.63) is 17.5 Å². The minimum absolute atomic E-state index is 0.239. The molecule has 0 bridgehead atoms. The highest BCUT2D eigenvalue weighted by Crippen LogP contribution is 2.15. The van der Waals surface area contributed by atoms with E-state index in [1.54, 1.807) is 14.0 Å². The van der Waals surface area contributed by atoms with Gasteiger partial charge in [-0.1, -0.05) is 11.8 Å². The standard InChI is InChI=1S/C12H19N3O2S/c1-5-17-11(16)10(13-4)7-18-12-14-8(2)6-9(3)15-12/h6,10,13H,5,7H2,1-4H3.